The quantitative estimate of drug-likeness (QED) is 0.354. The third-order valence-corrected chi connectivity index (χ3v) is 4.83. The number of carbonyl (C=O) groups excluding carboxylic acids is 4. The second-order valence-corrected chi connectivity index (χ2v) is 7.70. The molecule has 1 aromatic carbocycles. The molecular formula is C17H20F2N4O4S. The van der Waals surface area contributed by atoms with Crippen molar-refractivity contribution in [3.8, 4) is 0 Å². The molecule has 11 heteroatoms. The second-order valence-electron chi connectivity index (χ2n) is 6.53. The van der Waals surface area contributed by atoms with Crippen LogP contribution in [-0.4, -0.2) is 46.5 Å². The van der Waals surface area contributed by atoms with Gasteiger partial charge in [-0.1, -0.05) is 0 Å². The molecule has 0 aromatic heterocycles. The lowest BCUT2D eigenvalue weighted by molar-refractivity contribution is -0.131. The Morgan fingerprint density at radius 1 is 1.11 bits per heavy atom. The van der Waals surface area contributed by atoms with Gasteiger partial charge in [-0.05, 0) is 32.0 Å². The minimum atomic E-state index is -1.01. The first-order valence-electron chi connectivity index (χ1n) is 8.40. The molecule has 2 rings (SSSR count). The van der Waals surface area contributed by atoms with Crippen LogP contribution in [-0.2, 0) is 14.4 Å². The van der Waals surface area contributed by atoms with E-state index in [9.17, 15) is 28.0 Å². The highest BCUT2D eigenvalue weighted by Gasteiger charge is 2.43. The van der Waals surface area contributed by atoms with Gasteiger partial charge in [0.15, 0.2) is 11.6 Å². The zero-order valence-corrected chi connectivity index (χ0v) is 16.1. The summed E-state index contributed by atoms with van der Waals surface area (Å²) in [5.74, 6) is -3.07. The Labute approximate surface area is 164 Å². The average Bonchev–Trinajstić information content (AvgIpc) is 2.81. The van der Waals surface area contributed by atoms with Crippen LogP contribution < -0.4 is 16.2 Å². The van der Waals surface area contributed by atoms with Crippen molar-refractivity contribution in [3.63, 3.8) is 0 Å². The minimum Gasteiger partial charge on any atom is -0.324 e. The van der Waals surface area contributed by atoms with E-state index in [1.807, 2.05) is 0 Å². The summed E-state index contributed by atoms with van der Waals surface area (Å²) in [5, 5.41) is 2.50. The fourth-order valence-corrected chi connectivity index (χ4v) is 3.20. The smallest absolute Gasteiger partial charge is 0.324 e. The summed E-state index contributed by atoms with van der Waals surface area (Å²) in [6.45, 7) is 3.01. The van der Waals surface area contributed by atoms with Crippen molar-refractivity contribution in [2.24, 2.45) is 0 Å². The maximum Gasteiger partial charge on any atom is 0.325 e. The lowest BCUT2D eigenvalue weighted by Gasteiger charge is -2.15. The molecule has 152 valence electrons. The van der Waals surface area contributed by atoms with E-state index < -0.39 is 40.9 Å². The average molecular weight is 414 g/mol. The van der Waals surface area contributed by atoms with Crippen LogP contribution in [0, 0.1) is 11.6 Å². The van der Waals surface area contributed by atoms with E-state index in [2.05, 4.69) is 16.2 Å². The monoisotopic (exact) mass is 414 g/mol. The molecule has 1 aromatic rings. The van der Waals surface area contributed by atoms with Gasteiger partial charge >= 0.3 is 6.03 Å². The number of nitrogens with one attached hydrogen (secondary N) is 3. The largest absolute Gasteiger partial charge is 0.325 e. The highest BCUT2D eigenvalue weighted by Crippen LogP contribution is 2.21. The molecule has 8 nitrogen and oxygen atoms in total. The summed E-state index contributed by atoms with van der Waals surface area (Å²) < 4.78 is 25.9. The molecule has 1 aliphatic rings. The number of hydrogen-bond acceptors (Lipinski definition) is 5. The maximum atomic E-state index is 13.1. The number of urea groups is 1. The number of hydrogen-bond donors (Lipinski definition) is 3. The molecule has 0 spiro atoms. The van der Waals surface area contributed by atoms with E-state index >= 15 is 0 Å². The Morgan fingerprint density at radius 3 is 2.32 bits per heavy atom. The molecule has 3 N–H and O–H groups in total. The van der Waals surface area contributed by atoms with E-state index in [1.54, 1.807) is 13.8 Å². The van der Waals surface area contributed by atoms with Crippen molar-refractivity contribution < 1.29 is 28.0 Å². The molecule has 5 amide bonds. The third-order valence-electron chi connectivity index (χ3n) is 3.84. The SMILES string of the molecule is CC1(C)NC(=O)N(CCC(=O)NNC(=O)CCSc2ccc(F)c(F)c2)C1=O. The van der Waals surface area contributed by atoms with Gasteiger partial charge in [0.2, 0.25) is 11.8 Å². The van der Waals surface area contributed by atoms with E-state index in [0.717, 1.165) is 28.8 Å². The predicted octanol–water partition coefficient (Wildman–Crippen LogP) is 1.31. The van der Waals surface area contributed by atoms with Crippen LogP contribution in [0.5, 0.6) is 0 Å². The number of benzene rings is 1. The van der Waals surface area contributed by atoms with Gasteiger partial charge < -0.3 is 5.32 Å². The van der Waals surface area contributed by atoms with Crippen LogP contribution in [0.1, 0.15) is 26.7 Å². The lowest BCUT2D eigenvalue weighted by atomic mass is 10.1. The first-order valence-corrected chi connectivity index (χ1v) is 9.38. The van der Waals surface area contributed by atoms with Gasteiger partial charge in [-0.15, -0.1) is 11.8 Å². The summed E-state index contributed by atoms with van der Waals surface area (Å²) in [6.07, 6.45) is -0.135. The van der Waals surface area contributed by atoms with Gasteiger partial charge in [0.25, 0.3) is 5.91 Å². The lowest BCUT2D eigenvalue weighted by Crippen LogP contribution is -2.44. The number of hydrazine groups is 1. The maximum absolute atomic E-state index is 13.1. The first-order chi connectivity index (χ1) is 13.1. The highest BCUT2D eigenvalue weighted by atomic mass is 32.2. The molecule has 28 heavy (non-hydrogen) atoms. The second kappa shape index (κ2) is 9.00. The van der Waals surface area contributed by atoms with Crippen molar-refractivity contribution >= 4 is 35.5 Å². The van der Waals surface area contributed by atoms with E-state index in [4.69, 9.17) is 0 Å². The summed E-state index contributed by atoms with van der Waals surface area (Å²) in [6, 6.07) is 2.88. The van der Waals surface area contributed by atoms with Crippen LogP contribution in [0.4, 0.5) is 13.6 Å². The molecule has 0 saturated carbocycles. The van der Waals surface area contributed by atoms with Gasteiger partial charge in [0, 0.05) is 30.0 Å². The number of rotatable bonds is 7. The number of nitrogens with zero attached hydrogens (tertiary/aromatic N) is 1. The van der Waals surface area contributed by atoms with Gasteiger partial charge in [-0.2, -0.15) is 0 Å². The normalized spacial score (nSPS) is 15.4. The number of imide groups is 1. The zero-order valence-electron chi connectivity index (χ0n) is 15.3. The van der Waals surface area contributed by atoms with Gasteiger partial charge in [-0.25, -0.2) is 13.6 Å². The van der Waals surface area contributed by atoms with Gasteiger partial charge in [-0.3, -0.25) is 30.1 Å². The fourth-order valence-electron chi connectivity index (χ4n) is 2.33. The van der Waals surface area contributed by atoms with Crippen molar-refractivity contribution in [1.82, 2.24) is 21.1 Å². The molecular weight excluding hydrogens is 394 g/mol. The van der Waals surface area contributed by atoms with Gasteiger partial charge in [0.1, 0.15) is 5.54 Å². The molecule has 0 unspecified atom stereocenters. The van der Waals surface area contributed by atoms with Crippen molar-refractivity contribution in [2.75, 3.05) is 12.3 Å². The molecule has 0 bridgehead atoms. The van der Waals surface area contributed by atoms with Crippen LogP contribution in [0.3, 0.4) is 0 Å². The Balaban J connectivity index is 1.65. The molecule has 0 radical (unpaired) electrons. The molecule has 0 atom stereocenters. The van der Waals surface area contributed by atoms with Crippen LogP contribution in [0.15, 0.2) is 23.1 Å². The number of halogens is 2. The van der Waals surface area contributed by atoms with Crippen molar-refractivity contribution in [2.45, 2.75) is 37.1 Å². The molecule has 1 saturated heterocycles. The van der Waals surface area contributed by atoms with Crippen LogP contribution in [0.2, 0.25) is 0 Å². The topological polar surface area (TPSA) is 108 Å². The number of amides is 5. The van der Waals surface area contributed by atoms with Crippen molar-refractivity contribution in [3.05, 3.63) is 29.8 Å². The summed E-state index contributed by atoms with van der Waals surface area (Å²) in [4.78, 5) is 48.6. The summed E-state index contributed by atoms with van der Waals surface area (Å²) in [5.41, 5.74) is 3.40. The van der Waals surface area contributed by atoms with Crippen LogP contribution >= 0.6 is 11.8 Å². The Kier molecular flexibility index (Phi) is 6.95. The molecule has 1 fully saturated rings. The minimum absolute atomic E-state index is 0.0329. The van der Waals surface area contributed by atoms with E-state index in [-0.39, 0.29) is 19.4 Å². The molecule has 1 aliphatic heterocycles. The third kappa shape index (κ3) is 5.65. The molecule has 0 aliphatic carbocycles. The van der Waals surface area contributed by atoms with Gasteiger partial charge in [0.05, 0.1) is 0 Å². The Hall–Kier alpha value is -2.69. The zero-order chi connectivity index (χ0) is 20.9. The standard InChI is InChI=1S/C17H20F2N4O4S/c1-17(2)15(26)23(16(27)20-17)7-5-13(24)21-22-14(25)6-8-28-10-3-4-11(18)12(19)9-10/h3-4,9H,5-8H2,1-2H3,(H,20,27)(H,21,24)(H,22,25). The fraction of sp³-hybridized carbons (Fsp3) is 0.412. The van der Waals surface area contributed by atoms with Crippen LogP contribution in [0.25, 0.3) is 0 Å². The van der Waals surface area contributed by atoms with Crippen molar-refractivity contribution in [1.29, 1.82) is 0 Å². The summed E-state index contributed by atoms with van der Waals surface area (Å²) >= 11 is 1.16. The Bertz CT molecular complexity index is 803. The first kappa shape index (κ1) is 21.6. The highest BCUT2D eigenvalue weighted by molar-refractivity contribution is 7.99. The predicted molar refractivity (Wildman–Crippen MR) is 96.9 cm³/mol. The van der Waals surface area contributed by atoms with E-state index in [1.165, 1.54) is 6.07 Å². The number of thioether (sulfide) groups is 1. The summed E-state index contributed by atoms with van der Waals surface area (Å²) in [7, 11) is 0. The number of carbonyl (C=O) groups is 4. The van der Waals surface area contributed by atoms with E-state index in [0.29, 0.717) is 10.6 Å². The Morgan fingerprint density at radius 2 is 1.75 bits per heavy atom. The molecule has 1 heterocycles.